The van der Waals surface area contributed by atoms with Crippen LogP contribution in [0.3, 0.4) is 0 Å². The molecule has 4 fully saturated rings. The summed E-state index contributed by atoms with van der Waals surface area (Å²) in [5.41, 5.74) is 8.64. The average molecular weight is 1060 g/mol. The molecule has 4 atom stereocenters. The molecule has 0 bridgehead atoms. The molecule has 12 rings (SSSR count). The van der Waals surface area contributed by atoms with E-state index in [0.717, 1.165) is 106 Å². The van der Waals surface area contributed by atoms with Gasteiger partial charge in [0, 0.05) is 73.2 Å². The number of nitrogens with one attached hydrogen (secondary N) is 1. The van der Waals surface area contributed by atoms with E-state index in [0.29, 0.717) is 61.6 Å². The summed E-state index contributed by atoms with van der Waals surface area (Å²) in [7, 11) is 0. The highest BCUT2D eigenvalue weighted by atomic mass is 19.2. The Morgan fingerprint density at radius 2 is 1.13 bits per heavy atom. The summed E-state index contributed by atoms with van der Waals surface area (Å²) in [5, 5.41) is 11.6. The number of aryl methyl sites for hydroxylation is 4. The molecule has 400 valence electrons. The predicted octanol–water partition coefficient (Wildman–Crippen LogP) is 11.6. The zero-order chi connectivity index (χ0) is 54.2. The first-order valence-corrected chi connectivity index (χ1v) is 26.0. The number of aromatic nitrogens is 6. The van der Waals surface area contributed by atoms with Gasteiger partial charge in [-0.1, -0.05) is 22.4 Å². The van der Waals surface area contributed by atoms with E-state index >= 15 is 0 Å². The molecule has 3 amide bonds. The SMILES string of the molecule is Cc1noc(C)c1-c1ccc2c(c1)nc([C@@H]1CCC(=O)N1c1ccc(F)c(F)c1)n2[C@H]1CCN(C(=O)OC(C)(C)C)C1.Cc1noc(C)c1-c1ccc2c(c1)nc([C@@H]1CCC(=O)N1c1ccc(F)c(F)c1)n2[C@H]1CCNC1. The number of rotatable bonds is 8. The second kappa shape index (κ2) is 19.9. The lowest BCUT2D eigenvalue weighted by Crippen LogP contribution is -2.35. The highest BCUT2D eigenvalue weighted by molar-refractivity contribution is 5.97. The van der Waals surface area contributed by atoms with Crippen molar-refractivity contribution in [1.29, 1.82) is 0 Å². The first-order chi connectivity index (χ1) is 36.8. The number of hydrogen-bond donors (Lipinski definition) is 1. The lowest BCUT2D eigenvalue weighted by molar-refractivity contribution is -0.118. The van der Waals surface area contributed by atoms with Crippen molar-refractivity contribution in [3.8, 4) is 22.3 Å². The van der Waals surface area contributed by atoms with Crippen LogP contribution in [-0.4, -0.2) is 84.0 Å². The molecule has 0 saturated carbocycles. The van der Waals surface area contributed by atoms with Crippen LogP contribution in [0, 0.1) is 51.0 Å². The van der Waals surface area contributed by atoms with Crippen molar-refractivity contribution in [2.75, 3.05) is 36.0 Å². The van der Waals surface area contributed by atoms with Crippen LogP contribution in [0.25, 0.3) is 44.3 Å². The molecule has 4 aliphatic rings. The Bertz CT molecular complexity index is 3590. The topological polar surface area (TPSA) is 170 Å². The Labute approximate surface area is 440 Å². The zero-order valence-electron chi connectivity index (χ0n) is 43.8. The largest absolute Gasteiger partial charge is 0.444 e. The molecule has 0 spiro atoms. The summed E-state index contributed by atoms with van der Waals surface area (Å²) >= 11 is 0. The van der Waals surface area contributed by atoms with Crippen LogP contribution in [0.5, 0.6) is 0 Å². The Kier molecular flexibility index (Phi) is 13.3. The quantitative estimate of drug-likeness (QED) is 0.144. The number of ether oxygens (including phenoxy) is 1. The molecule has 1 N–H and O–H groups in total. The zero-order valence-corrected chi connectivity index (χ0v) is 43.8. The maximum atomic E-state index is 14.3. The minimum Gasteiger partial charge on any atom is -0.444 e. The Hall–Kier alpha value is -7.87. The number of imidazole rings is 2. The van der Waals surface area contributed by atoms with Gasteiger partial charge in [0.1, 0.15) is 28.8 Å². The number of carbonyl (C=O) groups excluding carboxylic acids is 3. The average Bonchev–Trinajstić information content (AvgIpc) is 4.32. The minimum atomic E-state index is -1.02. The maximum absolute atomic E-state index is 14.3. The lowest BCUT2D eigenvalue weighted by Gasteiger charge is -2.28. The van der Waals surface area contributed by atoms with Crippen molar-refractivity contribution in [2.45, 2.75) is 117 Å². The van der Waals surface area contributed by atoms with Gasteiger partial charge < -0.3 is 42.9 Å². The summed E-state index contributed by atoms with van der Waals surface area (Å²) in [4.78, 5) is 53.9. The van der Waals surface area contributed by atoms with Gasteiger partial charge in [-0.25, -0.2) is 32.3 Å². The van der Waals surface area contributed by atoms with Crippen molar-refractivity contribution in [3.05, 3.63) is 131 Å². The van der Waals surface area contributed by atoms with Crippen molar-refractivity contribution in [2.24, 2.45) is 0 Å². The summed E-state index contributed by atoms with van der Waals surface area (Å²) in [6.07, 6.45) is 2.80. The van der Waals surface area contributed by atoms with Crippen LogP contribution in [0.15, 0.2) is 81.8 Å². The first-order valence-electron chi connectivity index (χ1n) is 26.0. The van der Waals surface area contributed by atoms with Crippen molar-refractivity contribution < 1.29 is 45.7 Å². The van der Waals surface area contributed by atoms with Crippen LogP contribution >= 0.6 is 0 Å². The van der Waals surface area contributed by atoms with Crippen molar-refractivity contribution >= 4 is 51.3 Å². The predicted molar refractivity (Wildman–Crippen MR) is 279 cm³/mol. The van der Waals surface area contributed by atoms with Gasteiger partial charge in [-0.15, -0.1) is 0 Å². The number of likely N-dealkylation sites (tertiary alicyclic amines) is 1. The number of halogens is 4. The molecule has 20 heteroatoms. The van der Waals surface area contributed by atoms with Gasteiger partial charge in [-0.05, 0) is 140 Å². The fourth-order valence-electron chi connectivity index (χ4n) is 11.7. The van der Waals surface area contributed by atoms with Gasteiger partial charge in [0.25, 0.3) is 0 Å². The van der Waals surface area contributed by atoms with E-state index in [-0.39, 0.29) is 48.1 Å². The third-order valence-corrected chi connectivity index (χ3v) is 15.0. The van der Waals surface area contributed by atoms with E-state index in [2.05, 4.69) is 30.8 Å². The van der Waals surface area contributed by atoms with E-state index in [4.69, 9.17) is 23.8 Å². The van der Waals surface area contributed by atoms with Gasteiger partial charge in [-0.2, -0.15) is 0 Å². The molecule has 4 aromatic carbocycles. The molecule has 8 aromatic rings. The van der Waals surface area contributed by atoms with Crippen molar-refractivity contribution in [1.82, 2.24) is 39.6 Å². The normalized spacial score (nSPS) is 19.9. The Morgan fingerprint density at radius 3 is 1.56 bits per heavy atom. The van der Waals surface area contributed by atoms with Gasteiger partial charge in [0.2, 0.25) is 11.8 Å². The second-order valence-corrected chi connectivity index (χ2v) is 21.3. The third-order valence-electron chi connectivity index (χ3n) is 15.0. The number of anilines is 2. The Balaban J connectivity index is 0.000000166. The van der Waals surface area contributed by atoms with E-state index in [1.165, 1.54) is 17.0 Å². The van der Waals surface area contributed by atoms with E-state index in [9.17, 15) is 31.9 Å². The molecule has 77 heavy (non-hydrogen) atoms. The molecular formula is C57H58F4N10O6. The van der Waals surface area contributed by atoms with E-state index < -0.39 is 34.9 Å². The second-order valence-electron chi connectivity index (χ2n) is 21.3. The molecule has 0 radical (unpaired) electrons. The van der Waals surface area contributed by atoms with Gasteiger partial charge in [-0.3, -0.25) is 9.59 Å². The first kappa shape index (κ1) is 51.2. The monoisotopic (exact) mass is 1050 g/mol. The Morgan fingerprint density at radius 1 is 0.636 bits per heavy atom. The van der Waals surface area contributed by atoms with Crippen LogP contribution in [0.2, 0.25) is 0 Å². The number of carbonyl (C=O) groups is 3. The summed E-state index contributed by atoms with van der Waals surface area (Å²) in [5.74, 6) is -1.39. The third kappa shape index (κ3) is 9.50. The highest BCUT2D eigenvalue weighted by Crippen LogP contribution is 2.44. The lowest BCUT2D eigenvalue weighted by atomic mass is 10.0. The van der Waals surface area contributed by atoms with Crippen molar-refractivity contribution in [3.63, 3.8) is 0 Å². The number of fused-ring (bicyclic) bond motifs is 2. The van der Waals surface area contributed by atoms with Gasteiger partial charge >= 0.3 is 6.09 Å². The summed E-state index contributed by atoms with van der Waals surface area (Å²) < 4.78 is 76.4. The molecule has 4 aromatic heterocycles. The van der Waals surface area contributed by atoms with E-state index in [1.807, 2.05) is 78.8 Å². The van der Waals surface area contributed by atoms with Crippen LogP contribution < -0.4 is 15.1 Å². The van der Waals surface area contributed by atoms with Gasteiger partial charge in [0.15, 0.2) is 23.3 Å². The molecular weight excluding hydrogens is 997 g/mol. The number of nitrogens with zero attached hydrogens (tertiary/aromatic N) is 9. The van der Waals surface area contributed by atoms with Crippen LogP contribution in [-0.2, 0) is 14.3 Å². The van der Waals surface area contributed by atoms with E-state index in [1.54, 1.807) is 9.80 Å². The summed E-state index contributed by atoms with van der Waals surface area (Å²) in [6, 6.07) is 18.4. The molecule has 8 heterocycles. The smallest absolute Gasteiger partial charge is 0.410 e. The number of benzene rings is 4. The molecule has 16 nitrogen and oxygen atoms in total. The fourth-order valence-corrected chi connectivity index (χ4v) is 11.7. The number of amides is 3. The molecule has 0 unspecified atom stereocenters. The maximum Gasteiger partial charge on any atom is 0.410 e. The highest BCUT2D eigenvalue weighted by Gasteiger charge is 2.41. The molecule has 4 saturated heterocycles. The molecule has 4 aliphatic heterocycles. The molecule has 0 aliphatic carbocycles. The standard InChI is InChI=1S/C31H33F2N5O4.C26H25F2N5O2/c1-17-28(18(2)42-35-17)19-6-9-25-24(14-19)34-29(38(25)21-12-13-36(16-21)30(40)41-31(3,4)5)26-10-11-27(39)37(26)20-7-8-22(32)23(33)15-20;1-14-25(15(2)35-31-14)16-3-6-22-21(11-16)30-26(33(22)18-9-10-29-13-18)23-7-8-24(34)32(23)17-4-5-19(27)20(28)12-17/h6-9,14-15,21,26H,10-13,16H2,1-5H3;3-6,11-12,18,23,29H,7-10,13H2,1-2H3/t21-,26-;18-,23-/m00/s1. The van der Waals surface area contributed by atoms with Crippen LogP contribution in [0.4, 0.5) is 33.7 Å². The summed E-state index contributed by atoms with van der Waals surface area (Å²) in [6.45, 7) is 15.7. The fraction of sp³-hybridized carbons (Fsp3) is 0.386. The van der Waals surface area contributed by atoms with Gasteiger partial charge in [0.05, 0.1) is 51.6 Å². The van der Waals surface area contributed by atoms with Crippen LogP contribution in [0.1, 0.15) is 118 Å². The minimum absolute atomic E-state index is 0.124. The number of hydrogen-bond acceptors (Lipinski definition) is 11.